The SMILES string of the molecule is Brc1cc(NCCc2cnc[nH]2)nc(C2CC2)n1. The molecule has 2 heterocycles. The molecule has 2 aromatic rings. The average Bonchev–Trinajstić information content (AvgIpc) is 3.08. The highest BCUT2D eigenvalue weighted by Gasteiger charge is 2.27. The van der Waals surface area contributed by atoms with Gasteiger partial charge in [0.2, 0.25) is 0 Å². The number of nitrogens with zero attached hydrogens (tertiary/aromatic N) is 3. The normalized spacial score (nSPS) is 14.7. The van der Waals surface area contributed by atoms with Crippen LogP contribution in [0, 0.1) is 0 Å². The molecule has 0 atom stereocenters. The number of aromatic amines is 1. The Kier molecular flexibility index (Phi) is 3.27. The van der Waals surface area contributed by atoms with E-state index in [2.05, 4.69) is 41.2 Å². The molecule has 0 radical (unpaired) electrons. The van der Waals surface area contributed by atoms with Crippen molar-refractivity contribution in [1.29, 1.82) is 0 Å². The lowest BCUT2D eigenvalue weighted by Gasteiger charge is -2.07. The van der Waals surface area contributed by atoms with Crippen LogP contribution < -0.4 is 5.32 Å². The smallest absolute Gasteiger partial charge is 0.135 e. The first-order valence-corrected chi connectivity index (χ1v) is 6.86. The lowest BCUT2D eigenvalue weighted by molar-refractivity contribution is 0.901. The van der Waals surface area contributed by atoms with Crippen LogP contribution in [0.3, 0.4) is 0 Å². The van der Waals surface area contributed by atoms with Crippen molar-refractivity contribution in [2.45, 2.75) is 25.2 Å². The van der Waals surface area contributed by atoms with Crippen molar-refractivity contribution in [3.8, 4) is 0 Å². The molecule has 0 amide bonds. The Morgan fingerprint density at radius 2 is 2.28 bits per heavy atom. The van der Waals surface area contributed by atoms with E-state index < -0.39 is 0 Å². The van der Waals surface area contributed by atoms with Gasteiger partial charge in [0.15, 0.2) is 0 Å². The molecule has 6 heteroatoms. The van der Waals surface area contributed by atoms with Gasteiger partial charge in [0.25, 0.3) is 0 Å². The van der Waals surface area contributed by atoms with Gasteiger partial charge >= 0.3 is 0 Å². The van der Waals surface area contributed by atoms with Crippen LogP contribution in [0.2, 0.25) is 0 Å². The van der Waals surface area contributed by atoms with Gasteiger partial charge in [0.1, 0.15) is 16.2 Å². The molecule has 5 nitrogen and oxygen atoms in total. The van der Waals surface area contributed by atoms with Gasteiger partial charge in [-0.05, 0) is 28.8 Å². The van der Waals surface area contributed by atoms with Crippen molar-refractivity contribution < 1.29 is 0 Å². The summed E-state index contributed by atoms with van der Waals surface area (Å²) in [6.07, 6.45) is 6.86. The van der Waals surface area contributed by atoms with Crippen molar-refractivity contribution >= 4 is 21.7 Å². The number of halogens is 1. The van der Waals surface area contributed by atoms with Crippen molar-refractivity contribution in [2.75, 3.05) is 11.9 Å². The summed E-state index contributed by atoms with van der Waals surface area (Å²) in [5.74, 6) is 2.40. The molecule has 0 saturated heterocycles. The first kappa shape index (κ1) is 11.6. The van der Waals surface area contributed by atoms with Gasteiger partial charge in [-0.2, -0.15) is 0 Å². The van der Waals surface area contributed by atoms with E-state index in [1.165, 1.54) is 12.8 Å². The van der Waals surface area contributed by atoms with Crippen molar-refractivity contribution in [3.63, 3.8) is 0 Å². The van der Waals surface area contributed by atoms with Gasteiger partial charge in [0.05, 0.1) is 6.33 Å². The van der Waals surface area contributed by atoms with E-state index in [0.29, 0.717) is 5.92 Å². The zero-order valence-electron chi connectivity index (χ0n) is 9.86. The number of nitrogens with one attached hydrogen (secondary N) is 2. The summed E-state index contributed by atoms with van der Waals surface area (Å²) in [7, 11) is 0. The monoisotopic (exact) mass is 307 g/mol. The molecule has 2 N–H and O–H groups in total. The van der Waals surface area contributed by atoms with Crippen LogP contribution in [0.5, 0.6) is 0 Å². The Labute approximate surface area is 114 Å². The Balaban J connectivity index is 1.61. The Hall–Kier alpha value is -1.43. The number of imidazole rings is 1. The minimum atomic E-state index is 0.565. The van der Waals surface area contributed by atoms with E-state index in [1.54, 1.807) is 6.33 Å². The Morgan fingerprint density at radius 1 is 1.39 bits per heavy atom. The number of anilines is 1. The number of aromatic nitrogens is 4. The van der Waals surface area contributed by atoms with Crippen LogP contribution in [0.15, 0.2) is 23.2 Å². The molecular weight excluding hydrogens is 294 g/mol. The van der Waals surface area contributed by atoms with Gasteiger partial charge in [-0.15, -0.1) is 0 Å². The molecule has 0 aliphatic heterocycles. The van der Waals surface area contributed by atoms with Crippen LogP contribution in [0.25, 0.3) is 0 Å². The Bertz CT molecular complexity index is 521. The Morgan fingerprint density at radius 3 is 3.00 bits per heavy atom. The van der Waals surface area contributed by atoms with E-state index in [9.17, 15) is 0 Å². The minimum absolute atomic E-state index is 0.565. The summed E-state index contributed by atoms with van der Waals surface area (Å²) in [4.78, 5) is 16.0. The van der Waals surface area contributed by atoms with Crippen LogP contribution in [0.4, 0.5) is 5.82 Å². The van der Waals surface area contributed by atoms with Crippen molar-refractivity contribution in [1.82, 2.24) is 19.9 Å². The van der Waals surface area contributed by atoms with E-state index in [4.69, 9.17) is 0 Å². The molecule has 2 aromatic heterocycles. The number of rotatable bonds is 5. The number of hydrogen-bond acceptors (Lipinski definition) is 4. The third-order valence-electron chi connectivity index (χ3n) is 2.91. The fourth-order valence-electron chi connectivity index (χ4n) is 1.80. The molecule has 0 aromatic carbocycles. The maximum absolute atomic E-state index is 4.54. The largest absolute Gasteiger partial charge is 0.370 e. The first-order valence-electron chi connectivity index (χ1n) is 6.07. The first-order chi connectivity index (χ1) is 8.81. The highest BCUT2D eigenvalue weighted by Crippen LogP contribution is 2.38. The maximum Gasteiger partial charge on any atom is 0.135 e. The second-order valence-electron chi connectivity index (χ2n) is 4.46. The zero-order chi connectivity index (χ0) is 12.4. The predicted octanol–water partition coefficient (Wildman–Crippen LogP) is 2.49. The zero-order valence-corrected chi connectivity index (χ0v) is 11.4. The van der Waals surface area contributed by atoms with Crippen LogP contribution in [0.1, 0.15) is 30.3 Å². The van der Waals surface area contributed by atoms with E-state index in [1.807, 2.05) is 12.3 Å². The van der Waals surface area contributed by atoms with Crippen molar-refractivity contribution in [2.24, 2.45) is 0 Å². The number of H-pyrrole nitrogens is 1. The summed E-state index contributed by atoms with van der Waals surface area (Å²) in [5.41, 5.74) is 1.12. The molecule has 18 heavy (non-hydrogen) atoms. The lowest BCUT2D eigenvalue weighted by atomic mass is 10.3. The third kappa shape index (κ3) is 2.87. The van der Waals surface area contributed by atoms with Crippen LogP contribution in [-0.4, -0.2) is 26.5 Å². The number of hydrogen-bond donors (Lipinski definition) is 2. The predicted molar refractivity (Wildman–Crippen MR) is 72.5 cm³/mol. The fourth-order valence-corrected chi connectivity index (χ4v) is 2.20. The van der Waals surface area contributed by atoms with Crippen LogP contribution in [-0.2, 0) is 6.42 Å². The molecule has 3 rings (SSSR count). The van der Waals surface area contributed by atoms with Gasteiger partial charge < -0.3 is 10.3 Å². The molecule has 94 valence electrons. The second kappa shape index (κ2) is 5.06. The van der Waals surface area contributed by atoms with Gasteiger partial charge in [0, 0.05) is 36.8 Å². The molecule has 1 aliphatic rings. The molecule has 0 bridgehead atoms. The molecule has 1 aliphatic carbocycles. The summed E-state index contributed by atoms with van der Waals surface area (Å²) in [6.45, 7) is 0.829. The van der Waals surface area contributed by atoms with Crippen molar-refractivity contribution in [3.05, 3.63) is 34.7 Å². The summed E-state index contributed by atoms with van der Waals surface area (Å²) >= 11 is 3.43. The molecule has 1 saturated carbocycles. The molecule has 0 spiro atoms. The van der Waals surface area contributed by atoms with E-state index >= 15 is 0 Å². The van der Waals surface area contributed by atoms with E-state index in [-0.39, 0.29) is 0 Å². The lowest BCUT2D eigenvalue weighted by Crippen LogP contribution is -2.08. The van der Waals surface area contributed by atoms with E-state index in [0.717, 1.165) is 34.9 Å². The topological polar surface area (TPSA) is 66.5 Å². The average molecular weight is 308 g/mol. The van der Waals surface area contributed by atoms with Gasteiger partial charge in [-0.25, -0.2) is 15.0 Å². The summed E-state index contributed by atoms with van der Waals surface area (Å²) in [5, 5.41) is 3.32. The maximum atomic E-state index is 4.54. The summed E-state index contributed by atoms with van der Waals surface area (Å²) < 4.78 is 0.850. The van der Waals surface area contributed by atoms with Gasteiger partial charge in [-0.3, -0.25) is 0 Å². The quantitative estimate of drug-likeness (QED) is 0.833. The minimum Gasteiger partial charge on any atom is -0.370 e. The second-order valence-corrected chi connectivity index (χ2v) is 5.27. The fraction of sp³-hybridized carbons (Fsp3) is 0.417. The van der Waals surface area contributed by atoms with Crippen LogP contribution >= 0.6 is 15.9 Å². The highest BCUT2D eigenvalue weighted by atomic mass is 79.9. The summed E-state index contributed by atoms with van der Waals surface area (Å²) in [6, 6.07) is 1.92. The van der Waals surface area contributed by atoms with Gasteiger partial charge in [-0.1, -0.05) is 0 Å². The molecular formula is C12H14BrN5. The molecule has 0 unspecified atom stereocenters. The standard InChI is InChI=1S/C12H14BrN5/c13-10-5-11(18-12(17-10)8-1-2-8)15-4-3-9-6-14-7-16-9/h5-8H,1-4H2,(H,14,16)(H,15,17,18). The molecule has 1 fully saturated rings. The third-order valence-corrected chi connectivity index (χ3v) is 3.32. The highest BCUT2D eigenvalue weighted by molar-refractivity contribution is 9.10.